The Balaban J connectivity index is 1.85. The predicted molar refractivity (Wildman–Crippen MR) is 93.3 cm³/mol. The van der Waals surface area contributed by atoms with E-state index in [1.807, 2.05) is 6.92 Å². The van der Waals surface area contributed by atoms with Gasteiger partial charge in [0.2, 0.25) is 0 Å². The van der Waals surface area contributed by atoms with Crippen LogP contribution in [0.5, 0.6) is 0 Å². The van der Waals surface area contributed by atoms with Crippen molar-refractivity contribution < 1.29 is 9.50 Å². The molecule has 0 fully saturated rings. The normalized spacial score (nSPS) is 12.7. The topological polar surface area (TPSA) is 69.5 Å². The van der Waals surface area contributed by atoms with E-state index in [0.29, 0.717) is 12.5 Å². The number of pyridine rings is 1. The SMILES string of the molecule is CCNC(=NCC(O)c1ccncc1)NCCc1ccc(F)cc1. The van der Waals surface area contributed by atoms with Gasteiger partial charge in [0.15, 0.2) is 5.96 Å². The zero-order chi connectivity index (χ0) is 17.2. The van der Waals surface area contributed by atoms with Crippen LogP contribution >= 0.6 is 0 Å². The highest BCUT2D eigenvalue weighted by Gasteiger charge is 2.07. The molecule has 3 N–H and O–H groups in total. The van der Waals surface area contributed by atoms with Gasteiger partial charge in [-0.15, -0.1) is 0 Å². The fourth-order valence-electron chi connectivity index (χ4n) is 2.19. The summed E-state index contributed by atoms with van der Waals surface area (Å²) in [6.07, 6.45) is 3.39. The van der Waals surface area contributed by atoms with Gasteiger partial charge in [0.05, 0.1) is 12.6 Å². The van der Waals surface area contributed by atoms with Gasteiger partial charge in [-0.25, -0.2) is 4.39 Å². The first-order chi connectivity index (χ1) is 11.7. The van der Waals surface area contributed by atoms with Crippen LogP contribution in [0.25, 0.3) is 0 Å². The molecule has 0 saturated carbocycles. The van der Waals surface area contributed by atoms with E-state index in [9.17, 15) is 9.50 Å². The number of guanidine groups is 1. The molecule has 0 aliphatic heterocycles. The highest BCUT2D eigenvalue weighted by molar-refractivity contribution is 5.79. The number of halogens is 1. The molecule has 0 spiro atoms. The van der Waals surface area contributed by atoms with E-state index >= 15 is 0 Å². The molecule has 0 bridgehead atoms. The van der Waals surface area contributed by atoms with E-state index in [2.05, 4.69) is 20.6 Å². The Morgan fingerprint density at radius 2 is 1.88 bits per heavy atom. The standard InChI is InChI=1S/C18H23FN4O/c1-2-21-18(22-12-7-14-3-5-16(19)6-4-14)23-13-17(24)15-8-10-20-11-9-15/h3-6,8-11,17,24H,2,7,12-13H2,1H3,(H2,21,22,23). The monoisotopic (exact) mass is 330 g/mol. The van der Waals surface area contributed by atoms with Gasteiger partial charge in [-0.3, -0.25) is 9.98 Å². The van der Waals surface area contributed by atoms with E-state index in [0.717, 1.165) is 24.1 Å². The fraction of sp³-hybridized carbons (Fsp3) is 0.333. The molecule has 0 amide bonds. The summed E-state index contributed by atoms with van der Waals surface area (Å²) in [5.41, 5.74) is 1.84. The molecule has 0 aliphatic carbocycles. The van der Waals surface area contributed by atoms with Crippen LogP contribution in [0.3, 0.4) is 0 Å². The van der Waals surface area contributed by atoms with Gasteiger partial charge in [-0.2, -0.15) is 0 Å². The Labute approximate surface area is 141 Å². The molecule has 128 valence electrons. The maximum Gasteiger partial charge on any atom is 0.191 e. The third-order valence-electron chi connectivity index (χ3n) is 3.48. The number of aliphatic imine (C=N–C) groups is 1. The molecule has 0 saturated heterocycles. The lowest BCUT2D eigenvalue weighted by Crippen LogP contribution is -2.38. The molecule has 5 nitrogen and oxygen atoms in total. The van der Waals surface area contributed by atoms with Crippen molar-refractivity contribution in [3.8, 4) is 0 Å². The van der Waals surface area contributed by atoms with Gasteiger partial charge in [-0.05, 0) is 48.7 Å². The number of hydrogen-bond donors (Lipinski definition) is 3. The number of aromatic nitrogens is 1. The number of benzene rings is 1. The molecule has 1 unspecified atom stereocenters. The second-order valence-electron chi connectivity index (χ2n) is 5.32. The molecule has 1 aromatic carbocycles. The van der Waals surface area contributed by atoms with E-state index in [1.165, 1.54) is 12.1 Å². The largest absolute Gasteiger partial charge is 0.386 e. The van der Waals surface area contributed by atoms with Crippen LogP contribution in [0.2, 0.25) is 0 Å². The van der Waals surface area contributed by atoms with Crippen molar-refractivity contribution in [1.82, 2.24) is 15.6 Å². The lowest BCUT2D eigenvalue weighted by molar-refractivity contribution is 0.187. The van der Waals surface area contributed by atoms with Crippen LogP contribution in [0.15, 0.2) is 53.8 Å². The summed E-state index contributed by atoms with van der Waals surface area (Å²) in [6, 6.07) is 10.0. The Hall–Kier alpha value is -2.47. The van der Waals surface area contributed by atoms with Crippen molar-refractivity contribution in [2.45, 2.75) is 19.4 Å². The van der Waals surface area contributed by atoms with E-state index in [4.69, 9.17) is 0 Å². The minimum absolute atomic E-state index is 0.230. The van der Waals surface area contributed by atoms with Gasteiger partial charge in [0.25, 0.3) is 0 Å². The summed E-state index contributed by atoms with van der Waals surface area (Å²) in [7, 11) is 0. The molecule has 0 aliphatic rings. The lowest BCUT2D eigenvalue weighted by atomic mass is 10.1. The van der Waals surface area contributed by atoms with Crippen molar-refractivity contribution in [3.05, 3.63) is 65.7 Å². The summed E-state index contributed by atoms with van der Waals surface area (Å²) in [5.74, 6) is 0.416. The zero-order valence-corrected chi connectivity index (χ0v) is 13.7. The van der Waals surface area contributed by atoms with Crippen molar-refractivity contribution in [2.24, 2.45) is 4.99 Å². The minimum atomic E-state index is -0.666. The molecule has 2 rings (SSSR count). The van der Waals surface area contributed by atoms with Crippen LogP contribution in [0.4, 0.5) is 4.39 Å². The van der Waals surface area contributed by atoms with Crippen molar-refractivity contribution in [3.63, 3.8) is 0 Å². The number of nitrogens with one attached hydrogen (secondary N) is 2. The second kappa shape index (κ2) is 9.62. The Morgan fingerprint density at radius 3 is 2.54 bits per heavy atom. The zero-order valence-electron chi connectivity index (χ0n) is 13.7. The van der Waals surface area contributed by atoms with E-state index < -0.39 is 6.10 Å². The molecular weight excluding hydrogens is 307 g/mol. The molecular formula is C18H23FN4O. The summed E-state index contributed by atoms with van der Waals surface area (Å²) >= 11 is 0. The third kappa shape index (κ3) is 5.96. The quantitative estimate of drug-likeness (QED) is 0.537. The Kier molecular flexibility index (Phi) is 7.17. The molecule has 24 heavy (non-hydrogen) atoms. The molecule has 1 aromatic heterocycles. The number of aliphatic hydroxyl groups is 1. The predicted octanol–water partition coefficient (Wildman–Crippen LogP) is 2.05. The maximum absolute atomic E-state index is 12.9. The van der Waals surface area contributed by atoms with Gasteiger partial charge in [0, 0.05) is 25.5 Å². The van der Waals surface area contributed by atoms with Crippen LogP contribution in [-0.4, -0.2) is 35.7 Å². The average Bonchev–Trinajstić information content (AvgIpc) is 2.62. The molecule has 1 heterocycles. The second-order valence-corrected chi connectivity index (χ2v) is 5.32. The number of aliphatic hydroxyl groups excluding tert-OH is 1. The lowest BCUT2D eigenvalue weighted by Gasteiger charge is -2.13. The van der Waals surface area contributed by atoms with Gasteiger partial charge >= 0.3 is 0 Å². The van der Waals surface area contributed by atoms with Crippen molar-refractivity contribution in [1.29, 1.82) is 0 Å². The number of rotatable bonds is 7. The summed E-state index contributed by atoms with van der Waals surface area (Å²) < 4.78 is 12.9. The Bertz CT molecular complexity index is 631. The maximum atomic E-state index is 12.9. The highest BCUT2D eigenvalue weighted by Crippen LogP contribution is 2.10. The van der Waals surface area contributed by atoms with Crippen LogP contribution in [0, 0.1) is 5.82 Å². The number of nitrogens with zero attached hydrogens (tertiary/aromatic N) is 2. The van der Waals surface area contributed by atoms with Gasteiger partial charge in [0.1, 0.15) is 5.82 Å². The van der Waals surface area contributed by atoms with Crippen LogP contribution in [0.1, 0.15) is 24.2 Å². The first-order valence-corrected chi connectivity index (χ1v) is 8.03. The van der Waals surface area contributed by atoms with Crippen molar-refractivity contribution in [2.75, 3.05) is 19.6 Å². The first-order valence-electron chi connectivity index (χ1n) is 8.03. The minimum Gasteiger partial charge on any atom is -0.386 e. The van der Waals surface area contributed by atoms with Crippen LogP contribution < -0.4 is 10.6 Å². The van der Waals surface area contributed by atoms with E-state index in [-0.39, 0.29) is 12.4 Å². The number of hydrogen-bond acceptors (Lipinski definition) is 3. The van der Waals surface area contributed by atoms with Crippen molar-refractivity contribution >= 4 is 5.96 Å². The summed E-state index contributed by atoms with van der Waals surface area (Å²) in [5, 5.41) is 16.5. The van der Waals surface area contributed by atoms with Crippen LogP contribution in [-0.2, 0) is 6.42 Å². The smallest absolute Gasteiger partial charge is 0.191 e. The van der Waals surface area contributed by atoms with Gasteiger partial charge in [-0.1, -0.05) is 12.1 Å². The first kappa shape index (κ1) is 17.9. The molecule has 0 radical (unpaired) electrons. The Morgan fingerprint density at radius 1 is 1.17 bits per heavy atom. The molecule has 6 heteroatoms. The summed E-state index contributed by atoms with van der Waals surface area (Å²) in [4.78, 5) is 8.33. The molecule has 2 aromatic rings. The molecule has 1 atom stereocenters. The van der Waals surface area contributed by atoms with E-state index in [1.54, 1.807) is 36.7 Å². The third-order valence-corrected chi connectivity index (χ3v) is 3.48. The van der Waals surface area contributed by atoms with Gasteiger partial charge < -0.3 is 15.7 Å². The summed E-state index contributed by atoms with van der Waals surface area (Å²) in [6.45, 7) is 3.64. The fourth-order valence-corrected chi connectivity index (χ4v) is 2.19. The average molecular weight is 330 g/mol. The highest BCUT2D eigenvalue weighted by atomic mass is 19.1.